The molecule has 5 heterocycles. The number of hydrogen-bond acceptors (Lipinski definition) is 6. The second-order valence-electron chi connectivity index (χ2n) is 16.6. The van der Waals surface area contributed by atoms with Gasteiger partial charge in [0.15, 0.2) is 23.1 Å². The van der Waals surface area contributed by atoms with Crippen molar-refractivity contribution in [3.8, 4) is 57.0 Å². The molecule has 8 heteroatoms. The molecule has 0 saturated heterocycles. The van der Waals surface area contributed by atoms with Crippen molar-refractivity contribution in [2.45, 2.75) is 0 Å². The molecule has 0 unspecified atom stereocenters. The van der Waals surface area contributed by atoms with E-state index in [1.165, 1.54) is 27.1 Å². The van der Waals surface area contributed by atoms with Gasteiger partial charge in [0, 0.05) is 60.8 Å². The highest BCUT2D eigenvalue weighted by Crippen LogP contribution is 2.43. The number of fused-ring (bicyclic) bond motifs is 11. The minimum atomic E-state index is 0.494. The van der Waals surface area contributed by atoms with Gasteiger partial charge in [-0.2, -0.15) is 0 Å². The monoisotopic (exact) mass is 846 g/mol. The first kappa shape index (κ1) is 36.4. The van der Waals surface area contributed by atoms with Gasteiger partial charge >= 0.3 is 0 Å². The molecule has 0 spiro atoms. The van der Waals surface area contributed by atoms with E-state index in [0.29, 0.717) is 28.9 Å². The van der Waals surface area contributed by atoms with Gasteiger partial charge in [0.1, 0.15) is 16.7 Å². The molecule has 66 heavy (non-hydrogen) atoms. The highest BCUT2D eigenvalue weighted by molar-refractivity contribution is 6.24. The van der Waals surface area contributed by atoms with Crippen LogP contribution in [0.5, 0.6) is 0 Å². The lowest BCUT2D eigenvalue weighted by Gasteiger charge is -2.12. The summed E-state index contributed by atoms with van der Waals surface area (Å²) < 4.78 is 18.0. The Morgan fingerprint density at radius 2 is 0.924 bits per heavy atom. The fourth-order valence-corrected chi connectivity index (χ4v) is 9.83. The quantitative estimate of drug-likeness (QED) is 0.166. The van der Waals surface area contributed by atoms with Crippen LogP contribution in [0.1, 0.15) is 0 Å². The molecule has 0 fully saturated rings. The number of nitrogens with zero attached hydrogens (tertiary/aromatic N) is 6. The van der Waals surface area contributed by atoms with Crippen LogP contribution in [-0.4, -0.2) is 29.1 Å². The fourth-order valence-electron chi connectivity index (χ4n) is 9.83. The first-order valence-corrected chi connectivity index (χ1v) is 22.0. The highest BCUT2D eigenvalue weighted by atomic mass is 16.3. The van der Waals surface area contributed by atoms with Crippen LogP contribution in [0.4, 0.5) is 0 Å². The summed E-state index contributed by atoms with van der Waals surface area (Å²) >= 11 is 0. The lowest BCUT2D eigenvalue weighted by Crippen LogP contribution is -2.00. The van der Waals surface area contributed by atoms with E-state index in [2.05, 4.69) is 124 Å². The third kappa shape index (κ3) is 5.52. The van der Waals surface area contributed by atoms with Crippen molar-refractivity contribution in [2.24, 2.45) is 0 Å². The Hall–Kier alpha value is -9.14. The second kappa shape index (κ2) is 14.2. The molecule has 0 aliphatic heterocycles. The van der Waals surface area contributed by atoms with E-state index in [4.69, 9.17) is 28.8 Å². The maximum Gasteiger partial charge on any atom is 0.227 e. The van der Waals surface area contributed by atoms with Gasteiger partial charge < -0.3 is 18.0 Å². The summed E-state index contributed by atoms with van der Waals surface area (Å²) in [6.07, 6.45) is 0. The topological polar surface area (TPSA) is 87.7 Å². The first-order valence-electron chi connectivity index (χ1n) is 22.0. The van der Waals surface area contributed by atoms with Gasteiger partial charge in [0.05, 0.1) is 33.3 Å². The van der Waals surface area contributed by atoms with E-state index < -0.39 is 0 Å². The molecule has 14 rings (SSSR count). The summed E-state index contributed by atoms with van der Waals surface area (Å²) in [5, 5.41) is 6.77. The van der Waals surface area contributed by atoms with Crippen molar-refractivity contribution < 1.29 is 8.83 Å². The average Bonchev–Trinajstić information content (AvgIpc) is 4.16. The van der Waals surface area contributed by atoms with Crippen molar-refractivity contribution in [3.63, 3.8) is 0 Å². The molecule has 0 aliphatic carbocycles. The number of para-hydroxylation sites is 4. The third-order valence-electron chi connectivity index (χ3n) is 12.8. The van der Waals surface area contributed by atoms with Crippen LogP contribution in [0.15, 0.2) is 215 Å². The zero-order valence-corrected chi connectivity index (χ0v) is 35.1. The summed E-state index contributed by atoms with van der Waals surface area (Å²) in [7, 11) is 0. The number of oxazole rings is 1. The Balaban J connectivity index is 0.946. The Labute approximate surface area is 376 Å². The molecule has 0 atom stereocenters. The average molecular weight is 847 g/mol. The van der Waals surface area contributed by atoms with Crippen LogP contribution < -0.4 is 0 Å². The summed E-state index contributed by atoms with van der Waals surface area (Å²) in [6.45, 7) is 0. The molecular weight excluding hydrogens is 813 g/mol. The molecule has 0 radical (unpaired) electrons. The smallest absolute Gasteiger partial charge is 0.227 e. The van der Waals surface area contributed by atoms with Crippen LogP contribution in [0.25, 0.3) is 134 Å². The first-order chi connectivity index (χ1) is 32.7. The maximum atomic E-state index is 6.72. The zero-order chi connectivity index (χ0) is 43.3. The molecule has 0 bridgehead atoms. The van der Waals surface area contributed by atoms with Crippen LogP contribution in [0.2, 0.25) is 0 Å². The molecule has 0 amide bonds. The van der Waals surface area contributed by atoms with Crippen molar-refractivity contribution in [1.29, 1.82) is 0 Å². The standard InChI is InChI=1S/C58H34N6O2/c1-4-15-35(16-5-1)55-60-56(62-57(61-55)45-23-14-24-47-54(45)66-58(59-47)36-17-6-2-7-18-36)37-27-32-50-46(33-37)42-29-28-39(34-51(42)65-50)64-49-26-13-11-22-41(49)44-31-30-43-40-21-10-12-25-48(40)63(52(43)53(44)64)38-19-8-3-9-20-38/h1-34H. The maximum absolute atomic E-state index is 6.72. The summed E-state index contributed by atoms with van der Waals surface area (Å²) in [4.78, 5) is 20.1. The van der Waals surface area contributed by atoms with Gasteiger partial charge in [-0.05, 0) is 78.9 Å². The van der Waals surface area contributed by atoms with E-state index in [9.17, 15) is 0 Å². The second-order valence-corrected chi connectivity index (χ2v) is 16.6. The summed E-state index contributed by atoms with van der Waals surface area (Å²) in [5.41, 5.74) is 13.0. The fraction of sp³-hybridized carbons (Fsp3) is 0. The van der Waals surface area contributed by atoms with Crippen LogP contribution in [0, 0.1) is 0 Å². The van der Waals surface area contributed by atoms with E-state index in [1.807, 2.05) is 91.0 Å². The van der Waals surface area contributed by atoms with Gasteiger partial charge in [0.25, 0.3) is 0 Å². The molecule has 0 saturated carbocycles. The van der Waals surface area contributed by atoms with Gasteiger partial charge in [-0.3, -0.25) is 0 Å². The summed E-state index contributed by atoms with van der Waals surface area (Å²) in [5.74, 6) is 2.13. The number of hydrogen-bond donors (Lipinski definition) is 0. The number of furan rings is 1. The lowest BCUT2D eigenvalue weighted by atomic mass is 10.1. The minimum absolute atomic E-state index is 0.494. The van der Waals surface area contributed by atoms with Crippen LogP contribution in [-0.2, 0) is 0 Å². The van der Waals surface area contributed by atoms with Crippen molar-refractivity contribution >= 4 is 76.6 Å². The highest BCUT2D eigenvalue weighted by Gasteiger charge is 2.23. The molecule has 9 aromatic carbocycles. The lowest BCUT2D eigenvalue weighted by molar-refractivity contribution is 0.620. The predicted molar refractivity (Wildman–Crippen MR) is 265 cm³/mol. The Bertz CT molecular complexity index is 4220. The Kier molecular flexibility index (Phi) is 7.81. The number of rotatable bonds is 6. The molecular formula is C58H34N6O2. The Morgan fingerprint density at radius 3 is 1.64 bits per heavy atom. The van der Waals surface area contributed by atoms with E-state index in [0.717, 1.165) is 77.6 Å². The van der Waals surface area contributed by atoms with Crippen molar-refractivity contribution in [1.82, 2.24) is 29.1 Å². The predicted octanol–water partition coefficient (Wildman–Crippen LogP) is 14.8. The molecule has 0 N–H and O–H groups in total. The zero-order valence-electron chi connectivity index (χ0n) is 35.1. The van der Waals surface area contributed by atoms with Crippen LogP contribution in [0.3, 0.4) is 0 Å². The SMILES string of the molecule is c1ccc(-c2nc(-c3ccc4oc5cc(-n6c7ccccc7c7ccc8c9ccccc9n(-c9ccccc9)c8c76)ccc5c4c3)nc(-c3cccc4nc(-c5ccccc5)oc34)n2)cc1. The Morgan fingerprint density at radius 1 is 0.333 bits per heavy atom. The summed E-state index contributed by atoms with van der Waals surface area (Å²) in [6, 6.07) is 71.1. The van der Waals surface area contributed by atoms with Gasteiger partial charge in [-0.1, -0.05) is 121 Å². The van der Waals surface area contributed by atoms with E-state index in [1.54, 1.807) is 0 Å². The minimum Gasteiger partial charge on any atom is -0.456 e. The molecule has 14 aromatic rings. The van der Waals surface area contributed by atoms with Gasteiger partial charge in [-0.25, -0.2) is 19.9 Å². The van der Waals surface area contributed by atoms with Crippen molar-refractivity contribution in [3.05, 3.63) is 206 Å². The van der Waals surface area contributed by atoms with E-state index >= 15 is 0 Å². The third-order valence-corrected chi connectivity index (χ3v) is 12.8. The van der Waals surface area contributed by atoms with E-state index in [-0.39, 0.29) is 0 Å². The normalized spacial score (nSPS) is 11.9. The number of aromatic nitrogens is 6. The van der Waals surface area contributed by atoms with Gasteiger partial charge in [-0.15, -0.1) is 0 Å². The van der Waals surface area contributed by atoms with Crippen LogP contribution >= 0.6 is 0 Å². The number of benzene rings is 9. The molecule has 308 valence electrons. The van der Waals surface area contributed by atoms with Gasteiger partial charge in [0.2, 0.25) is 5.89 Å². The van der Waals surface area contributed by atoms with Crippen molar-refractivity contribution in [2.75, 3.05) is 0 Å². The molecule has 8 nitrogen and oxygen atoms in total. The largest absolute Gasteiger partial charge is 0.456 e. The molecule has 5 aromatic heterocycles. The molecule has 0 aliphatic rings.